The Morgan fingerprint density at radius 2 is 2.05 bits per heavy atom. The van der Waals surface area contributed by atoms with E-state index in [-0.39, 0.29) is 5.63 Å². The zero-order valence-corrected chi connectivity index (χ0v) is 11.9. The number of ether oxygens (including phenoxy) is 1. The Kier molecular flexibility index (Phi) is 3.20. The van der Waals surface area contributed by atoms with Crippen molar-refractivity contribution in [2.45, 2.75) is 39.2 Å². The van der Waals surface area contributed by atoms with E-state index in [0.717, 1.165) is 35.8 Å². The molecule has 0 saturated heterocycles. The molecule has 0 fully saturated rings. The van der Waals surface area contributed by atoms with Crippen molar-refractivity contribution < 1.29 is 19.1 Å². The summed E-state index contributed by atoms with van der Waals surface area (Å²) in [5, 5.41) is 9.85. The fourth-order valence-corrected chi connectivity index (χ4v) is 2.83. The van der Waals surface area contributed by atoms with Crippen LogP contribution in [0.1, 0.15) is 30.0 Å². The van der Waals surface area contributed by atoms with Gasteiger partial charge >= 0.3 is 11.6 Å². The minimum atomic E-state index is -1.04. The van der Waals surface area contributed by atoms with E-state index in [9.17, 15) is 9.59 Å². The fraction of sp³-hybridized carbons (Fsp3) is 0.375. The van der Waals surface area contributed by atoms with Gasteiger partial charge in [0, 0.05) is 16.5 Å². The second-order valence-electron chi connectivity index (χ2n) is 5.36. The van der Waals surface area contributed by atoms with Gasteiger partial charge in [-0.05, 0) is 50.8 Å². The third kappa shape index (κ3) is 2.18. The predicted octanol–water partition coefficient (Wildman–Crippen LogP) is 2.44. The van der Waals surface area contributed by atoms with Gasteiger partial charge in [0.05, 0.1) is 0 Å². The van der Waals surface area contributed by atoms with Crippen LogP contribution in [0.4, 0.5) is 0 Å². The van der Waals surface area contributed by atoms with E-state index in [1.165, 1.54) is 6.92 Å². The Balaban J connectivity index is 2.16. The number of carboxylic acid groups (broad SMARTS) is 1. The Morgan fingerprint density at radius 1 is 1.33 bits per heavy atom. The molecule has 1 N–H and O–H groups in total. The van der Waals surface area contributed by atoms with Crippen LogP contribution in [0, 0.1) is 6.92 Å². The molecule has 0 bridgehead atoms. The van der Waals surface area contributed by atoms with Crippen molar-refractivity contribution in [3.05, 3.63) is 39.2 Å². The van der Waals surface area contributed by atoms with E-state index in [4.69, 9.17) is 14.3 Å². The van der Waals surface area contributed by atoms with E-state index >= 15 is 0 Å². The number of hydrogen-bond donors (Lipinski definition) is 1. The van der Waals surface area contributed by atoms with Crippen LogP contribution in [0.5, 0.6) is 5.75 Å². The van der Waals surface area contributed by atoms with Crippen molar-refractivity contribution in [1.29, 1.82) is 0 Å². The van der Waals surface area contributed by atoms with Crippen LogP contribution >= 0.6 is 0 Å². The molecule has 1 aliphatic carbocycles. The molecule has 5 nitrogen and oxygen atoms in total. The molecule has 1 heterocycles. The molecule has 21 heavy (non-hydrogen) atoms. The number of aliphatic carboxylic acids is 1. The predicted molar refractivity (Wildman–Crippen MR) is 77.0 cm³/mol. The first-order valence-corrected chi connectivity index (χ1v) is 6.96. The molecule has 5 heteroatoms. The molecule has 0 spiro atoms. The van der Waals surface area contributed by atoms with Crippen LogP contribution in [-0.2, 0) is 17.6 Å². The number of aryl methyl sites for hydroxylation is 2. The molecule has 110 valence electrons. The van der Waals surface area contributed by atoms with E-state index in [1.54, 1.807) is 13.0 Å². The van der Waals surface area contributed by atoms with Crippen molar-refractivity contribution in [3.63, 3.8) is 0 Å². The SMILES string of the molecule is Cc1c(O[C@H](C)C(=O)O)ccc2c3c(c(=O)oc12)CCC3. The molecular weight excluding hydrogens is 272 g/mol. The molecule has 1 atom stereocenters. The topological polar surface area (TPSA) is 76.7 Å². The Hall–Kier alpha value is -2.30. The van der Waals surface area contributed by atoms with E-state index in [1.807, 2.05) is 6.07 Å². The maximum atomic E-state index is 12.0. The first-order valence-electron chi connectivity index (χ1n) is 6.96. The Labute approximate surface area is 121 Å². The van der Waals surface area contributed by atoms with E-state index < -0.39 is 12.1 Å². The average Bonchev–Trinajstić information content (AvgIpc) is 2.92. The second kappa shape index (κ2) is 4.91. The Morgan fingerprint density at radius 3 is 2.76 bits per heavy atom. The summed E-state index contributed by atoms with van der Waals surface area (Å²) in [5.74, 6) is -0.608. The third-order valence-corrected chi connectivity index (χ3v) is 3.99. The zero-order valence-electron chi connectivity index (χ0n) is 11.9. The molecule has 0 amide bonds. The minimum Gasteiger partial charge on any atom is -0.479 e. The standard InChI is InChI=1S/C16H16O5/c1-8-13(20-9(2)15(17)18)7-6-11-10-4-3-5-12(10)16(19)21-14(8)11/h6-7,9H,3-5H2,1-2H3,(H,17,18)/t9-/m1/s1. The van der Waals surface area contributed by atoms with Crippen LogP contribution in [0.3, 0.4) is 0 Å². The number of rotatable bonds is 3. The average molecular weight is 288 g/mol. The third-order valence-electron chi connectivity index (χ3n) is 3.99. The lowest BCUT2D eigenvalue weighted by atomic mass is 10.0. The monoisotopic (exact) mass is 288 g/mol. The van der Waals surface area contributed by atoms with Gasteiger partial charge in [-0.15, -0.1) is 0 Å². The maximum Gasteiger partial charge on any atom is 0.344 e. The summed E-state index contributed by atoms with van der Waals surface area (Å²) >= 11 is 0. The van der Waals surface area contributed by atoms with Gasteiger partial charge in [0.2, 0.25) is 0 Å². The highest BCUT2D eigenvalue weighted by molar-refractivity contribution is 5.86. The van der Waals surface area contributed by atoms with Crippen molar-refractivity contribution >= 4 is 16.9 Å². The largest absolute Gasteiger partial charge is 0.479 e. The second-order valence-corrected chi connectivity index (χ2v) is 5.36. The van der Waals surface area contributed by atoms with Crippen molar-refractivity contribution in [2.75, 3.05) is 0 Å². The van der Waals surface area contributed by atoms with Crippen LogP contribution in [-0.4, -0.2) is 17.2 Å². The van der Waals surface area contributed by atoms with Crippen molar-refractivity contribution in [1.82, 2.24) is 0 Å². The normalized spacial score (nSPS) is 15.0. The molecule has 3 rings (SSSR count). The van der Waals surface area contributed by atoms with Gasteiger partial charge in [0.25, 0.3) is 0 Å². The smallest absolute Gasteiger partial charge is 0.344 e. The summed E-state index contributed by atoms with van der Waals surface area (Å²) in [7, 11) is 0. The van der Waals surface area contributed by atoms with Crippen LogP contribution in [0.25, 0.3) is 11.0 Å². The van der Waals surface area contributed by atoms with Crippen LogP contribution < -0.4 is 10.4 Å². The summed E-state index contributed by atoms with van der Waals surface area (Å²) in [5.41, 5.74) is 2.70. The van der Waals surface area contributed by atoms with Gasteiger partial charge in [-0.1, -0.05) is 0 Å². The number of hydrogen-bond acceptors (Lipinski definition) is 4. The lowest BCUT2D eigenvalue weighted by Gasteiger charge is -2.14. The lowest BCUT2D eigenvalue weighted by Crippen LogP contribution is -2.23. The molecule has 0 radical (unpaired) electrons. The maximum absolute atomic E-state index is 12.0. The zero-order chi connectivity index (χ0) is 15.1. The van der Waals surface area contributed by atoms with Crippen molar-refractivity contribution in [2.24, 2.45) is 0 Å². The lowest BCUT2D eigenvalue weighted by molar-refractivity contribution is -0.144. The summed E-state index contributed by atoms with van der Waals surface area (Å²) in [6.07, 6.45) is 1.65. The first kappa shape index (κ1) is 13.7. The van der Waals surface area contributed by atoms with Gasteiger partial charge in [0.1, 0.15) is 11.3 Å². The molecule has 2 aromatic rings. The molecule has 1 aliphatic rings. The fourth-order valence-electron chi connectivity index (χ4n) is 2.83. The molecule has 0 saturated carbocycles. The first-order chi connectivity index (χ1) is 9.99. The minimum absolute atomic E-state index is 0.290. The number of benzene rings is 1. The van der Waals surface area contributed by atoms with Gasteiger partial charge in [-0.3, -0.25) is 0 Å². The Bertz CT molecular complexity index is 787. The molecule has 0 unspecified atom stereocenters. The highest BCUT2D eigenvalue weighted by atomic mass is 16.5. The highest BCUT2D eigenvalue weighted by Crippen LogP contribution is 2.33. The summed E-state index contributed by atoms with van der Waals surface area (Å²) < 4.78 is 10.8. The molecule has 1 aromatic heterocycles. The number of fused-ring (bicyclic) bond motifs is 3. The van der Waals surface area contributed by atoms with Gasteiger partial charge in [-0.25, -0.2) is 9.59 Å². The summed E-state index contributed by atoms with van der Waals surface area (Å²) in [4.78, 5) is 22.9. The molecule has 0 aliphatic heterocycles. The van der Waals surface area contributed by atoms with E-state index in [0.29, 0.717) is 16.9 Å². The van der Waals surface area contributed by atoms with Gasteiger partial charge in [-0.2, -0.15) is 0 Å². The van der Waals surface area contributed by atoms with Crippen LogP contribution in [0.15, 0.2) is 21.3 Å². The number of carbonyl (C=O) groups is 1. The van der Waals surface area contributed by atoms with Crippen molar-refractivity contribution in [3.8, 4) is 5.75 Å². The van der Waals surface area contributed by atoms with Gasteiger partial charge < -0.3 is 14.3 Å². The summed E-state index contributed by atoms with van der Waals surface area (Å²) in [6.45, 7) is 3.24. The van der Waals surface area contributed by atoms with E-state index in [2.05, 4.69) is 0 Å². The quantitative estimate of drug-likeness (QED) is 0.878. The molecule has 1 aromatic carbocycles. The van der Waals surface area contributed by atoms with Gasteiger partial charge in [0.15, 0.2) is 6.10 Å². The van der Waals surface area contributed by atoms with Crippen LogP contribution in [0.2, 0.25) is 0 Å². The summed E-state index contributed by atoms with van der Waals surface area (Å²) in [6, 6.07) is 3.59. The highest BCUT2D eigenvalue weighted by Gasteiger charge is 2.22. The number of carboxylic acids is 1. The molecular formula is C16H16O5.